The molecule has 0 aliphatic rings. The Kier molecular flexibility index (Phi) is 7.26. The summed E-state index contributed by atoms with van der Waals surface area (Å²) in [5.41, 5.74) is 3.89. The third-order valence-electron chi connectivity index (χ3n) is 5.07. The van der Waals surface area contributed by atoms with Crippen molar-refractivity contribution in [1.82, 2.24) is 0 Å². The Labute approximate surface area is 185 Å². The van der Waals surface area contributed by atoms with Crippen LogP contribution in [-0.2, 0) is 16.6 Å². The topological polar surface area (TPSA) is 81.7 Å². The number of carbonyl (C=O) groups is 2. The molecule has 0 spiro atoms. The zero-order valence-corrected chi connectivity index (χ0v) is 17.9. The van der Waals surface area contributed by atoms with E-state index in [1.165, 1.54) is 0 Å². The van der Waals surface area contributed by atoms with Crippen LogP contribution < -0.4 is 9.47 Å². The first kappa shape index (κ1) is 22.3. The van der Waals surface area contributed by atoms with Gasteiger partial charge in [0, 0.05) is 47.4 Å². The molecule has 1 aromatic heterocycles. The maximum Gasteiger partial charge on any atom is 0.305 e. The summed E-state index contributed by atoms with van der Waals surface area (Å²) in [7, 11) is 2.00. The molecule has 0 bridgehead atoms. The van der Waals surface area contributed by atoms with Crippen molar-refractivity contribution in [2.75, 3.05) is 18.0 Å². The van der Waals surface area contributed by atoms with E-state index in [1.54, 1.807) is 4.90 Å². The summed E-state index contributed by atoms with van der Waals surface area (Å²) in [5.74, 6) is -1.82. The van der Waals surface area contributed by atoms with Crippen LogP contribution in [0.1, 0.15) is 24.1 Å². The van der Waals surface area contributed by atoms with Crippen molar-refractivity contribution >= 4 is 52.3 Å². The molecule has 0 saturated heterocycles. The van der Waals surface area contributed by atoms with Gasteiger partial charge in [-0.2, -0.15) is 4.57 Å². The number of halogens is 1. The second-order valence-corrected chi connectivity index (χ2v) is 7.66. The minimum atomic E-state index is -0.912. The first-order valence-electron chi connectivity index (χ1n) is 9.88. The fourth-order valence-corrected chi connectivity index (χ4v) is 3.55. The van der Waals surface area contributed by atoms with Crippen molar-refractivity contribution in [2.45, 2.75) is 12.8 Å². The first-order valence-corrected chi connectivity index (χ1v) is 10.3. The minimum Gasteiger partial charge on any atom is -0.481 e. The molecule has 7 heteroatoms. The van der Waals surface area contributed by atoms with Crippen LogP contribution >= 0.6 is 11.6 Å². The summed E-state index contributed by atoms with van der Waals surface area (Å²) >= 11 is 6.07. The molecular formula is C24H24ClN2O4+. The summed E-state index contributed by atoms with van der Waals surface area (Å²) in [4.78, 5) is 23.6. The van der Waals surface area contributed by atoms with Crippen molar-refractivity contribution in [3.63, 3.8) is 0 Å². The number of aromatic nitrogens is 1. The molecule has 0 radical (unpaired) electrons. The average Bonchev–Trinajstić information content (AvgIpc) is 2.73. The van der Waals surface area contributed by atoms with Crippen LogP contribution in [0.3, 0.4) is 0 Å². The quantitative estimate of drug-likeness (QED) is 0.487. The molecule has 3 rings (SSSR count). The Hall–Kier alpha value is -3.38. The minimum absolute atomic E-state index is 0.0506. The molecule has 1 heterocycles. The number of anilines is 1. The molecule has 3 aromatic rings. The van der Waals surface area contributed by atoms with Crippen LogP contribution in [0.25, 0.3) is 23.1 Å². The summed E-state index contributed by atoms with van der Waals surface area (Å²) in [6.07, 6.45) is 3.92. The van der Waals surface area contributed by atoms with Gasteiger partial charge in [0.15, 0.2) is 0 Å². The summed E-state index contributed by atoms with van der Waals surface area (Å²) in [6, 6.07) is 17.5. The lowest BCUT2D eigenvalue weighted by Gasteiger charge is -2.23. The lowest BCUT2D eigenvalue weighted by Crippen LogP contribution is -2.32. The van der Waals surface area contributed by atoms with Gasteiger partial charge in [-0.05, 0) is 42.0 Å². The molecule has 160 valence electrons. The lowest BCUT2D eigenvalue weighted by atomic mass is 10.1. The Morgan fingerprint density at radius 1 is 0.935 bits per heavy atom. The zero-order valence-electron chi connectivity index (χ0n) is 17.2. The number of hydrogen-bond acceptors (Lipinski definition) is 3. The van der Waals surface area contributed by atoms with Crippen molar-refractivity contribution in [2.24, 2.45) is 7.05 Å². The van der Waals surface area contributed by atoms with Gasteiger partial charge >= 0.3 is 11.9 Å². The molecule has 31 heavy (non-hydrogen) atoms. The van der Waals surface area contributed by atoms with Crippen molar-refractivity contribution in [3.8, 4) is 0 Å². The number of carboxylic acids is 2. The van der Waals surface area contributed by atoms with E-state index in [-0.39, 0.29) is 25.9 Å². The highest BCUT2D eigenvalue weighted by Gasteiger charge is 2.12. The third-order valence-corrected chi connectivity index (χ3v) is 5.30. The number of fused-ring (bicyclic) bond motifs is 1. The highest BCUT2D eigenvalue weighted by atomic mass is 35.5. The van der Waals surface area contributed by atoms with Gasteiger partial charge in [-0.1, -0.05) is 23.7 Å². The van der Waals surface area contributed by atoms with Gasteiger partial charge < -0.3 is 15.1 Å². The van der Waals surface area contributed by atoms with E-state index in [1.807, 2.05) is 73.8 Å². The van der Waals surface area contributed by atoms with Gasteiger partial charge in [0.05, 0.1) is 12.8 Å². The molecule has 0 aliphatic carbocycles. The molecule has 2 aromatic carbocycles. The molecule has 2 N–H and O–H groups in total. The van der Waals surface area contributed by atoms with Gasteiger partial charge in [-0.3, -0.25) is 9.59 Å². The molecule has 6 nitrogen and oxygen atoms in total. The number of aliphatic carboxylic acids is 2. The average molecular weight is 440 g/mol. The van der Waals surface area contributed by atoms with Crippen LogP contribution in [0.15, 0.2) is 54.6 Å². The van der Waals surface area contributed by atoms with Crippen LogP contribution in [-0.4, -0.2) is 35.2 Å². The fourth-order valence-electron chi connectivity index (χ4n) is 3.37. The summed E-state index contributed by atoms with van der Waals surface area (Å²) < 4.78 is 2.09. The standard InChI is InChI=1S/C24H23ClN2O4/c1-26-20(10-5-18-16-19(25)6-11-22(18)26)7-2-17-3-8-21(9-4-17)27(14-12-23(28)29)15-13-24(30)31/h2-11,16H,12-15H2,1H3,(H-,28,29,30,31)/p+1. The van der Waals surface area contributed by atoms with Crippen molar-refractivity contribution in [1.29, 1.82) is 0 Å². The molecule has 0 atom stereocenters. The number of aryl methyl sites for hydroxylation is 1. The van der Waals surface area contributed by atoms with E-state index >= 15 is 0 Å². The van der Waals surface area contributed by atoms with Crippen molar-refractivity contribution < 1.29 is 24.4 Å². The van der Waals surface area contributed by atoms with Crippen LogP contribution in [0.4, 0.5) is 5.69 Å². The SMILES string of the molecule is C[n+]1c(/C=C/c2ccc(N(CCC(=O)O)CCC(=O)O)cc2)ccc2cc(Cl)ccc21. The Balaban J connectivity index is 1.77. The van der Waals surface area contributed by atoms with Crippen LogP contribution in [0.2, 0.25) is 5.02 Å². The highest BCUT2D eigenvalue weighted by molar-refractivity contribution is 6.31. The van der Waals surface area contributed by atoms with Gasteiger partial charge in [-0.25, -0.2) is 0 Å². The molecule has 0 amide bonds. The number of carboxylic acid groups (broad SMARTS) is 2. The normalized spacial score (nSPS) is 11.2. The predicted octanol–water partition coefficient (Wildman–Crippen LogP) is 4.24. The zero-order chi connectivity index (χ0) is 22.4. The number of hydrogen-bond donors (Lipinski definition) is 2. The Morgan fingerprint density at radius 3 is 2.19 bits per heavy atom. The molecular weight excluding hydrogens is 416 g/mol. The number of nitrogens with zero attached hydrogens (tertiary/aromatic N) is 2. The smallest absolute Gasteiger partial charge is 0.305 e. The third kappa shape index (κ3) is 6.06. The molecule has 0 saturated carbocycles. The monoisotopic (exact) mass is 439 g/mol. The Morgan fingerprint density at radius 2 is 1.58 bits per heavy atom. The summed E-state index contributed by atoms with van der Waals surface area (Å²) in [6.45, 7) is 0.517. The van der Waals surface area contributed by atoms with Crippen molar-refractivity contribution in [3.05, 3.63) is 70.9 Å². The van der Waals surface area contributed by atoms with E-state index in [0.29, 0.717) is 5.02 Å². The molecule has 0 unspecified atom stereocenters. The van der Waals surface area contributed by atoms with Gasteiger partial charge in [-0.15, -0.1) is 0 Å². The second-order valence-electron chi connectivity index (χ2n) is 7.22. The van der Waals surface area contributed by atoms with Crippen LogP contribution in [0.5, 0.6) is 0 Å². The summed E-state index contributed by atoms with van der Waals surface area (Å²) in [5, 5.41) is 19.7. The van der Waals surface area contributed by atoms with E-state index in [4.69, 9.17) is 21.8 Å². The van der Waals surface area contributed by atoms with Gasteiger partial charge in [0.2, 0.25) is 11.2 Å². The van der Waals surface area contributed by atoms with Crippen LogP contribution in [0, 0.1) is 0 Å². The lowest BCUT2D eigenvalue weighted by molar-refractivity contribution is -0.646. The van der Waals surface area contributed by atoms with Gasteiger partial charge in [0.25, 0.3) is 0 Å². The highest BCUT2D eigenvalue weighted by Crippen LogP contribution is 2.19. The maximum atomic E-state index is 10.9. The first-order chi connectivity index (χ1) is 14.8. The molecule has 0 aliphatic heterocycles. The van der Waals surface area contributed by atoms with E-state index < -0.39 is 11.9 Å². The number of pyridine rings is 1. The largest absolute Gasteiger partial charge is 0.481 e. The Bertz CT molecular complexity index is 1110. The second kappa shape index (κ2) is 10.1. The van der Waals surface area contributed by atoms with Gasteiger partial charge in [0.1, 0.15) is 7.05 Å². The predicted molar refractivity (Wildman–Crippen MR) is 122 cm³/mol. The number of benzene rings is 2. The van der Waals surface area contributed by atoms with E-state index in [0.717, 1.165) is 27.8 Å². The molecule has 0 fully saturated rings. The van der Waals surface area contributed by atoms with E-state index in [9.17, 15) is 9.59 Å². The maximum absolute atomic E-state index is 10.9. The number of rotatable bonds is 9. The fraction of sp³-hybridized carbons (Fsp3) is 0.208. The van der Waals surface area contributed by atoms with E-state index in [2.05, 4.69) is 4.57 Å².